The van der Waals surface area contributed by atoms with E-state index in [0.29, 0.717) is 12.1 Å². The first-order chi connectivity index (χ1) is 13.1. The van der Waals surface area contributed by atoms with E-state index in [1.165, 1.54) is 35.4 Å². The van der Waals surface area contributed by atoms with Gasteiger partial charge in [0.05, 0.1) is 10.2 Å². The van der Waals surface area contributed by atoms with E-state index in [9.17, 15) is 9.59 Å². The van der Waals surface area contributed by atoms with Crippen molar-refractivity contribution in [1.29, 1.82) is 0 Å². The third kappa shape index (κ3) is 3.78. The number of benzene rings is 2. The number of hydrogen-bond acceptors (Lipinski definition) is 6. The molecule has 1 amide bonds. The van der Waals surface area contributed by atoms with E-state index in [1.807, 2.05) is 18.2 Å². The monoisotopic (exact) mass is 380 g/mol. The molecule has 0 aliphatic carbocycles. The lowest BCUT2D eigenvalue weighted by Crippen LogP contribution is -2.22. The standard InChI is InChI=1S/C20H20N4O2S/c21-19(26)18(25)20-23-16-8-5-14(11-17(16)27-20)22-12-13-3-6-15(7-4-13)24-9-1-2-10-24/h3-8,11,22H,1-2,9-10,12H2,(H2,21,26). The molecule has 138 valence electrons. The van der Waals surface area contributed by atoms with Gasteiger partial charge in [-0.1, -0.05) is 12.1 Å². The van der Waals surface area contributed by atoms with Crippen LogP contribution in [0.1, 0.15) is 28.2 Å². The molecule has 2 aromatic carbocycles. The van der Waals surface area contributed by atoms with Crippen molar-refractivity contribution >= 4 is 44.6 Å². The van der Waals surface area contributed by atoms with Gasteiger partial charge in [0, 0.05) is 31.0 Å². The molecule has 0 bridgehead atoms. The molecule has 0 saturated carbocycles. The van der Waals surface area contributed by atoms with Crippen LogP contribution in [0, 0.1) is 0 Å². The number of amides is 1. The summed E-state index contributed by atoms with van der Waals surface area (Å²) in [5.74, 6) is -1.73. The van der Waals surface area contributed by atoms with Gasteiger partial charge in [0.2, 0.25) is 0 Å². The normalized spacial score (nSPS) is 13.9. The van der Waals surface area contributed by atoms with Crippen molar-refractivity contribution in [2.24, 2.45) is 5.73 Å². The minimum absolute atomic E-state index is 0.132. The van der Waals surface area contributed by atoms with Gasteiger partial charge in [0.25, 0.3) is 11.7 Å². The van der Waals surface area contributed by atoms with Gasteiger partial charge in [-0.2, -0.15) is 0 Å². The average Bonchev–Trinajstić information content (AvgIpc) is 3.35. The molecule has 6 nitrogen and oxygen atoms in total. The van der Waals surface area contributed by atoms with Gasteiger partial charge in [-0.25, -0.2) is 4.98 Å². The van der Waals surface area contributed by atoms with Crippen LogP contribution in [0.4, 0.5) is 11.4 Å². The van der Waals surface area contributed by atoms with E-state index >= 15 is 0 Å². The molecule has 1 aliphatic rings. The van der Waals surface area contributed by atoms with Crippen LogP contribution < -0.4 is 16.0 Å². The third-order valence-corrected chi connectivity index (χ3v) is 5.73. The number of nitrogens with one attached hydrogen (secondary N) is 1. The largest absolute Gasteiger partial charge is 0.381 e. The van der Waals surface area contributed by atoms with Crippen LogP contribution >= 0.6 is 11.3 Å². The summed E-state index contributed by atoms with van der Waals surface area (Å²) in [6.45, 7) is 3.00. The second-order valence-corrected chi connectivity index (χ2v) is 7.64. The van der Waals surface area contributed by atoms with Gasteiger partial charge in [0.15, 0.2) is 5.01 Å². The summed E-state index contributed by atoms with van der Waals surface area (Å²) in [4.78, 5) is 29.3. The molecule has 0 unspecified atom stereocenters. The number of Topliss-reactive ketones (excluding diaryl/α,β-unsaturated/α-hetero) is 1. The molecule has 7 heteroatoms. The molecule has 0 atom stereocenters. The van der Waals surface area contributed by atoms with Crippen molar-refractivity contribution in [3.8, 4) is 0 Å². The Morgan fingerprint density at radius 2 is 1.85 bits per heavy atom. The van der Waals surface area contributed by atoms with Gasteiger partial charge in [-0.15, -0.1) is 11.3 Å². The third-order valence-electron chi connectivity index (χ3n) is 4.71. The van der Waals surface area contributed by atoms with Crippen LogP contribution in [0.25, 0.3) is 10.2 Å². The Labute approximate surface area is 161 Å². The maximum absolute atomic E-state index is 11.7. The number of carbonyl (C=O) groups excluding carboxylic acids is 2. The molecule has 2 heterocycles. The van der Waals surface area contributed by atoms with E-state index in [-0.39, 0.29) is 5.01 Å². The maximum Gasteiger partial charge on any atom is 0.292 e. The van der Waals surface area contributed by atoms with E-state index in [4.69, 9.17) is 5.73 Å². The van der Waals surface area contributed by atoms with Crippen LogP contribution in [0.15, 0.2) is 42.5 Å². The summed E-state index contributed by atoms with van der Waals surface area (Å²) in [5.41, 5.74) is 9.16. The Morgan fingerprint density at radius 1 is 1.11 bits per heavy atom. The summed E-state index contributed by atoms with van der Waals surface area (Å²) in [7, 11) is 0. The molecule has 0 spiro atoms. The topological polar surface area (TPSA) is 88.3 Å². The highest BCUT2D eigenvalue weighted by Crippen LogP contribution is 2.26. The lowest BCUT2D eigenvalue weighted by Gasteiger charge is -2.17. The van der Waals surface area contributed by atoms with Crippen molar-refractivity contribution in [2.75, 3.05) is 23.3 Å². The van der Waals surface area contributed by atoms with Gasteiger partial charge < -0.3 is 16.0 Å². The van der Waals surface area contributed by atoms with E-state index in [2.05, 4.69) is 39.5 Å². The molecule has 1 aliphatic heterocycles. The molecule has 3 N–H and O–H groups in total. The zero-order valence-corrected chi connectivity index (χ0v) is 15.6. The van der Waals surface area contributed by atoms with Crippen LogP contribution in [0.2, 0.25) is 0 Å². The van der Waals surface area contributed by atoms with E-state index in [1.54, 1.807) is 0 Å². The first kappa shape index (κ1) is 17.5. The van der Waals surface area contributed by atoms with Crippen molar-refractivity contribution in [3.05, 3.63) is 53.0 Å². The number of thiazole rings is 1. The Kier molecular flexibility index (Phi) is 4.77. The molecule has 4 rings (SSSR count). The first-order valence-corrected chi connectivity index (χ1v) is 9.74. The van der Waals surface area contributed by atoms with Crippen molar-refractivity contribution < 1.29 is 9.59 Å². The summed E-state index contributed by atoms with van der Waals surface area (Å²) < 4.78 is 0.842. The Hall–Kier alpha value is -2.93. The fourth-order valence-corrected chi connectivity index (χ4v) is 4.19. The molecular formula is C20H20N4O2S. The highest BCUT2D eigenvalue weighted by molar-refractivity contribution is 7.21. The Balaban J connectivity index is 1.43. The van der Waals surface area contributed by atoms with Crippen molar-refractivity contribution in [1.82, 2.24) is 4.98 Å². The minimum atomic E-state index is -0.982. The molecule has 1 saturated heterocycles. The second kappa shape index (κ2) is 7.36. The average molecular weight is 380 g/mol. The number of primary amides is 1. The van der Waals surface area contributed by atoms with E-state index < -0.39 is 11.7 Å². The number of hydrogen-bond donors (Lipinski definition) is 2. The predicted molar refractivity (Wildman–Crippen MR) is 108 cm³/mol. The van der Waals surface area contributed by atoms with Crippen molar-refractivity contribution in [3.63, 3.8) is 0 Å². The molecule has 1 fully saturated rings. The number of fused-ring (bicyclic) bond motifs is 1. The van der Waals surface area contributed by atoms with Gasteiger partial charge in [0.1, 0.15) is 0 Å². The summed E-state index contributed by atoms with van der Waals surface area (Å²) in [6, 6.07) is 14.3. The number of aromatic nitrogens is 1. The first-order valence-electron chi connectivity index (χ1n) is 8.92. The SMILES string of the molecule is NC(=O)C(=O)c1nc2ccc(NCc3ccc(N4CCCC4)cc3)cc2s1. The van der Waals surface area contributed by atoms with Gasteiger partial charge in [-0.05, 0) is 48.7 Å². The second-order valence-electron chi connectivity index (χ2n) is 6.61. The molecule has 0 radical (unpaired) electrons. The van der Waals surface area contributed by atoms with Crippen LogP contribution in [0.3, 0.4) is 0 Å². The highest BCUT2D eigenvalue weighted by atomic mass is 32.1. The number of rotatable bonds is 6. The minimum Gasteiger partial charge on any atom is -0.381 e. The highest BCUT2D eigenvalue weighted by Gasteiger charge is 2.17. The fraction of sp³-hybridized carbons (Fsp3) is 0.250. The number of anilines is 2. The zero-order chi connectivity index (χ0) is 18.8. The lowest BCUT2D eigenvalue weighted by atomic mass is 10.2. The zero-order valence-electron chi connectivity index (χ0n) is 14.8. The number of carbonyl (C=O) groups is 2. The van der Waals surface area contributed by atoms with E-state index in [0.717, 1.165) is 23.5 Å². The quantitative estimate of drug-likeness (QED) is 0.506. The summed E-state index contributed by atoms with van der Waals surface area (Å²) in [6.07, 6.45) is 2.55. The summed E-state index contributed by atoms with van der Waals surface area (Å²) >= 11 is 1.18. The molecular weight excluding hydrogens is 360 g/mol. The summed E-state index contributed by atoms with van der Waals surface area (Å²) in [5, 5.41) is 3.52. The maximum atomic E-state index is 11.7. The van der Waals surface area contributed by atoms with Crippen LogP contribution in [-0.2, 0) is 11.3 Å². The number of ketones is 1. The fourth-order valence-electron chi connectivity index (χ4n) is 3.24. The lowest BCUT2D eigenvalue weighted by molar-refractivity contribution is -0.114. The predicted octanol–water partition coefficient (Wildman–Crippen LogP) is 3.18. The molecule has 3 aromatic rings. The van der Waals surface area contributed by atoms with Crippen LogP contribution in [0.5, 0.6) is 0 Å². The Morgan fingerprint density at radius 3 is 2.56 bits per heavy atom. The van der Waals surface area contributed by atoms with Gasteiger partial charge in [-0.3, -0.25) is 9.59 Å². The molecule has 1 aromatic heterocycles. The van der Waals surface area contributed by atoms with Gasteiger partial charge >= 0.3 is 0 Å². The van der Waals surface area contributed by atoms with Crippen molar-refractivity contribution in [2.45, 2.75) is 19.4 Å². The Bertz CT molecular complexity index is 991. The number of nitrogens with zero attached hydrogens (tertiary/aromatic N) is 2. The van der Waals surface area contributed by atoms with Crippen LogP contribution in [-0.4, -0.2) is 29.8 Å². The molecule has 27 heavy (non-hydrogen) atoms. The smallest absolute Gasteiger partial charge is 0.292 e. The number of nitrogens with two attached hydrogens (primary N) is 1.